The first-order chi connectivity index (χ1) is 5.58. The van der Waals surface area contributed by atoms with E-state index in [2.05, 4.69) is 32.0 Å². The third-order valence-corrected chi connectivity index (χ3v) is 2.34. The van der Waals surface area contributed by atoms with Crippen molar-refractivity contribution in [3.63, 3.8) is 0 Å². The van der Waals surface area contributed by atoms with Gasteiger partial charge < -0.3 is 5.73 Å². The van der Waals surface area contributed by atoms with Crippen LogP contribution in [-0.2, 0) is 19.5 Å². The first-order valence-electron chi connectivity index (χ1n) is 3.63. The van der Waals surface area contributed by atoms with Crippen LogP contribution >= 0.6 is 24.0 Å². The summed E-state index contributed by atoms with van der Waals surface area (Å²) in [6, 6.07) is 6.29. The number of rotatable bonds is 1. The Morgan fingerprint density at radius 2 is 1.69 bits per heavy atom. The molecule has 2 N–H and O–H groups in total. The van der Waals surface area contributed by atoms with Crippen LogP contribution in [0.2, 0.25) is 0 Å². The van der Waals surface area contributed by atoms with Crippen molar-refractivity contribution in [3.05, 3.63) is 29.3 Å². The van der Waals surface area contributed by atoms with Crippen molar-refractivity contribution in [1.29, 1.82) is 0 Å². The molecule has 1 aromatic carbocycles. The number of thioether (sulfide) groups is 1. The molecular formula is C9H11NS2Zn. The zero-order valence-electron chi connectivity index (χ0n) is 7.83. The number of benzene rings is 1. The number of aryl methyl sites for hydroxylation is 2. The third kappa shape index (κ3) is 4.75. The molecule has 0 spiro atoms. The molecule has 0 aliphatic heterocycles. The van der Waals surface area contributed by atoms with E-state index in [1.54, 1.807) is 0 Å². The molecule has 1 rings (SSSR count). The van der Waals surface area contributed by atoms with E-state index in [9.17, 15) is 0 Å². The van der Waals surface area contributed by atoms with Gasteiger partial charge in [0.05, 0.1) is 0 Å². The fraction of sp³-hybridized carbons (Fsp3) is 0.222. The second-order valence-corrected chi connectivity index (χ2v) is 4.56. The van der Waals surface area contributed by atoms with Crippen molar-refractivity contribution in [2.75, 3.05) is 0 Å². The van der Waals surface area contributed by atoms with Crippen molar-refractivity contribution in [2.24, 2.45) is 5.73 Å². The van der Waals surface area contributed by atoms with E-state index in [4.69, 9.17) is 18.0 Å². The van der Waals surface area contributed by atoms with Gasteiger partial charge in [-0.2, -0.15) is 0 Å². The molecule has 0 amide bonds. The van der Waals surface area contributed by atoms with Crippen molar-refractivity contribution in [1.82, 2.24) is 0 Å². The molecule has 0 fully saturated rings. The summed E-state index contributed by atoms with van der Waals surface area (Å²) in [5.74, 6) is 0. The molecular weight excluding hydrogens is 252 g/mol. The first-order valence-corrected chi connectivity index (χ1v) is 4.86. The van der Waals surface area contributed by atoms with Gasteiger partial charge in [0, 0.05) is 24.4 Å². The molecule has 0 unspecified atom stereocenters. The first kappa shape index (κ1) is 13.1. The van der Waals surface area contributed by atoms with E-state index in [0.717, 1.165) is 4.90 Å². The van der Waals surface area contributed by atoms with Crippen molar-refractivity contribution in [2.45, 2.75) is 18.7 Å². The summed E-state index contributed by atoms with van der Waals surface area (Å²) in [5.41, 5.74) is 7.91. The van der Waals surface area contributed by atoms with E-state index in [0.29, 0.717) is 4.32 Å². The maximum Gasteiger partial charge on any atom is 0.135 e. The van der Waals surface area contributed by atoms with Crippen molar-refractivity contribution >= 4 is 28.3 Å². The molecule has 0 atom stereocenters. The van der Waals surface area contributed by atoms with E-state index >= 15 is 0 Å². The predicted octanol–water partition coefficient (Wildman–Crippen LogP) is 2.64. The molecule has 1 aromatic rings. The second-order valence-electron chi connectivity index (χ2n) is 2.74. The van der Waals surface area contributed by atoms with Crippen molar-refractivity contribution in [3.8, 4) is 0 Å². The SMILES string of the molecule is Cc1cc(C)cc(SC(N)=S)c1.[Zn]. The van der Waals surface area contributed by atoms with Crippen LogP contribution in [0.3, 0.4) is 0 Å². The van der Waals surface area contributed by atoms with Gasteiger partial charge in [0.2, 0.25) is 0 Å². The molecule has 66 valence electrons. The Kier molecular flexibility index (Phi) is 5.78. The Hall–Kier alpha value is 0.0834. The Bertz CT molecular complexity index is 292. The van der Waals surface area contributed by atoms with Gasteiger partial charge in [0.1, 0.15) is 4.32 Å². The Morgan fingerprint density at radius 3 is 2.08 bits per heavy atom. The van der Waals surface area contributed by atoms with E-state index in [1.165, 1.54) is 22.9 Å². The van der Waals surface area contributed by atoms with Crippen LogP contribution in [0.25, 0.3) is 0 Å². The Morgan fingerprint density at radius 1 is 1.23 bits per heavy atom. The number of hydrogen-bond acceptors (Lipinski definition) is 2. The maximum atomic E-state index is 5.42. The smallest absolute Gasteiger partial charge is 0.135 e. The third-order valence-electron chi connectivity index (χ3n) is 1.41. The summed E-state index contributed by atoms with van der Waals surface area (Å²) in [4.78, 5) is 1.13. The molecule has 1 nitrogen and oxygen atoms in total. The molecule has 0 heterocycles. The van der Waals surface area contributed by atoms with Crippen LogP contribution in [-0.4, -0.2) is 4.32 Å². The zero-order valence-corrected chi connectivity index (χ0v) is 12.4. The normalized spacial score (nSPS) is 9.08. The minimum Gasteiger partial charge on any atom is -0.384 e. The molecule has 4 heteroatoms. The fourth-order valence-corrected chi connectivity index (χ4v) is 2.12. The summed E-state index contributed by atoms with van der Waals surface area (Å²) in [6.45, 7) is 4.13. The van der Waals surface area contributed by atoms with Gasteiger partial charge in [-0.05, 0) is 37.1 Å². The summed E-state index contributed by atoms with van der Waals surface area (Å²) in [6.07, 6.45) is 0. The largest absolute Gasteiger partial charge is 0.384 e. The van der Waals surface area contributed by atoms with Crippen LogP contribution in [0.4, 0.5) is 0 Å². The summed E-state index contributed by atoms with van der Waals surface area (Å²) in [7, 11) is 0. The van der Waals surface area contributed by atoms with Crippen molar-refractivity contribution < 1.29 is 19.5 Å². The van der Waals surface area contributed by atoms with Gasteiger partial charge in [-0.3, -0.25) is 0 Å². The number of hydrogen-bond donors (Lipinski definition) is 1. The number of nitrogens with two attached hydrogens (primary N) is 1. The number of thiocarbonyl (C=S) groups is 1. The Balaban J connectivity index is 0.00000144. The standard InChI is InChI=1S/C9H11NS2.Zn/c1-6-3-7(2)5-8(4-6)12-9(10)11;/h3-5H,1-2H3,(H2,10,11);. The molecule has 0 radical (unpaired) electrons. The predicted molar refractivity (Wildman–Crippen MR) is 58.6 cm³/mol. The van der Waals surface area contributed by atoms with Gasteiger partial charge in [-0.15, -0.1) is 0 Å². The summed E-state index contributed by atoms with van der Waals surface area (Å²) < 4.78 is 0.472. The molecule has 0 aliphatic carbocycles. The quantitative estimate of drug-likeness (QED) is 0.479. The fourth-order valence-electron chi connectivity index (χ4n) is 1.11. The minimum absolute atomic E-state index is 0. The molecule has 0 bridgehead atoms. The topological polar surface area (TPSA) is 26.0 Å². The second kappa shape index (κ2) is 5.74. The molecule has 0 aliphatic rings. The molecule has 0 saturated carbocycles. The minimum atomic E-state index is 0. The van der Waals surface area contributed by atoms with E-state index in [1.807, 2.05) is 0 Å². The van der Waals surface area contributed by atoms with Crippen LogP contribution in [0.1, 0.15) is 11.1 Å². The molecule has 13 heavy (non-hydrogen) atoms. The summed E-state index contributed by atoms with van der Waals surface area (Å²) in [5, 5.41) is 0. The van der Waals surface area contributed by atoms with Crippen LogP contribution in [0, 0.1) is 13.8 Å². The van der Waals surface area contributed by atoms with Crippen LogP contribution in [0.5, 0.6) is 0 Å². The van der Waals surface area contributed by atoms with Gasteiger partial charge in [-0.25, -0.2) is 0 Å². The van der Waals surface area contributed by atoms with Crippen LogP contribution < -0.4 is 5.73 Å². The van der Waals surface area contributed by atoms with Gasteiger partial charge in [0.25, 0.3) is 0 Å². The average molecular weight is 263 g/mol. The van der Waals surface area contributed by atoms with E-state index in [-0.39, 0.29) is 19.5 Å². The van der Waals surface area contributed by atoms with Crippen LogP contribution in [0.15, 0.2) is 23.1 Å². The van der Waals surface area contributed by atoms with Gasteiger partial charge in [0.15, 0.2) is 0 Å². The Labute approximate surface area is 101 Å². The zero-order chi connectivity index (χ0) is 9.14. The monoisotopic (exact) mass is 261 g/mol. The summed E-state index contributed by atoms with van der Waals surface area (Å²) >= 11 is 6.24. The van der Waals surface area contributed by atoms with Gasteiger partial charge >= 0.3 is 0 Å². The average Bonchev–Trinajstić information content (AvgIpc) is 1.81. The molecule has 0 aromatic heterocycles. The molecule has 0 saturated heterocycles. The van der Waals surface area contributed by atoms with E-state index < -0.39 is 0 Å². The maximum absolute atomic E-state index is 5.42. The van der Waals surface area contributed by atoms with Gasteiger partial charge in [-0.1, -0.05) is 30.0 Å².